The lowest BCUT2D eigenvalue weighted by Gasteiger charge is -2.30. The fourth-order valence-corrected chi connectivity index (χ4v) is 1.06. The van der Waals surface area contributed by atoms with Crippen LogP contribution in [0, 0.1) is 0 Å². The first-order valence-corrected chi connectivity index (χ1v) is 3.74. The van der Waals surface area contributed by atoms with Gasteiger partial charge in [-0.15, -0.1) is 0 Å². The summed E-state index contributed by atoms with van der Waals surface area (Å²) in [4.78, 5) is 0. The molecule has 0 aromatic heterocycles. The normalized spacial score (nSPS) is 10.3. The minimum atomic E-state index is 0. The molecule has 0 radical (unpaired) electrons. The summed E-state index contributed by atoms with van der Waals surface area (Å²) in [5, 5.41) is 0. The van der Waals surface area contributed by atoms with Crippen molar-refractivity contribution in [2.75, 3.05) is 19.6 Å². The molecule has 0 aliphatic heterocycles. The van der Waals surface area contributed by atoms with E-state index in [4.69, 9.17) is 0 Å². The quantitative estimate of drug-likeness (QED) is 0.520. The SMILES string of the molecule is C=C[N+](CC)(CC)CC.[Br-]. The molecular formula is C8H18BrN. The zero-order chi connectivity index (χ0) is 7.33. The van der Waals surface area contributed by atoms with Crippen molar-refractivity contribution in [1.29, 1.82) is 0 Å². The number of hydrogen-bond donors (Lipinski definition) is 0. The van der Waals surface area contributed by atoms with E-state index in [1.807, 2.05) is 6.20 Å². The van der Waals surface area contributed by atoms with Gasteiger partial charge in [0.1, 0.15) is 0 Å². The Morgan fingerprint density at radius 1 is 1.10 bits per heavy atom. The number of rotatable bonds is 4. The van der Waals surface area contributed by atoms with Gasteiger partial charge < -0.3 is 17.0 Å². The second kappa shape index (κ2) is 5.93. The first kappa shape index (κ1) is 12.8. The molecule has 0 spiro atoms. The van der Waals surface area contributed by atoms with Crippen LogP contribution in [0.3, 0.4) is 0 Å². The van der Waals surface area contributed by atoms with Gasteiger partial charge in [0.25, 0.3) is 0 Å². The third kappa shape index (κ3) is 2.84. The molecule has 0 fully saturated rings. The van der Waals surface area contributed by atoms with Gasteiger partial charge in [-0.05, 0) is 27.4 Å². The molecule has 0 aromatic carbocycles. The van der Waals surface area contributed by atoms with E-state index in [-0.39, 0.29) is 17.0 Å². The molecule has 2 heteroatoms. The maximum atomic E-state index is 3.82. The summed E-state index contributed by atoms with van der Waals surface area (Å²) in [6, 6.07) is 0. The van der Waals surface area contributed by atoms with Crippen molar-refractivity contribution in [2.45, 2.75) is 20.8 Å². The third-order valence-electron chi connectivity index (χ3n) is 2.28. The molecule has 10 heavy (non-hydrogen) atoms. The van der Waals surface area contributed by atoms with E-state index in [1.54, 1.807) is 0 Å². The molecule has 0 amide bonds. The molecule has 0 aliphatic carbocycles. The predicted molar refractivity (Wildman–Crippen MR) is 42.1 cm³/mol. The fraction of sp³-hybridized carbons (Fsp3) is 0.750. The van der Waals surface area contributed by atoms with E-state index in [0.717, 1.165) is 24.1 Å². The van der Waals surface area contributed by atoms with Gasteiger partial charge >= 0.3 is 0 Å². The zero-order valence-electron chi connectivity index (χ0n) is 7.23. The van der Waals surface area contributed by atoms with Crippen molar-refractivity contribution in [1.82, 2.24) is 0 Å². The molecule has 62 valence electrons. The van der Waals surface area contributed by atoms with E-state index in [2.05, 4.69) is 27.4 Å². The Hall–Kier alpha value is 0.180. The van der Waals surface area contributed by atoms with Crippen LogP contribution in [0.1, 0.15) is 20.8 Å². The monoisotopic (exact) mass is 207 g/mol. The van der Waals surface area contributed by atoms with Crippen molar-refractivity contribution >= 4 is 0 Å². The van der Waals surface area contributed by atoms with Crippen LogP contribution >= 0.6 is 0 Å². The van der Waals surface area contributed by atoms with E-state index in [9.17, 15) is 0 Å². The largest absolute Gasteiger partial charge is 1.00 e. The second-order valence-electron chi connectivity index (χ2n) is 2.35. The molecule has 0 rings (SSSR count). The van der Waals surface area contributed by atoms with Crippen LogP contribution in [0.4, 0.5) is 0 Å². The third-order valence-corrected chi connectivity index (χ3v) is 2.28. The maximum Gasteiger partial charge on any atom is 0.0885 e. The lowest BCUT2D eigenvalue weighted by molar-refractivity contribution is -0.873. The molecule has 0 aromatic rings. The van der Waals surface area contributed by atoms with Gasteiger partial charge in [-0.1, -0.05) is 0 Å². The van der Waals surface area contributed by atoms with E-state index >= 15 is 0 Å². The Labute approximate surface area is 75.1 Å². The fourth-order valence-electron chi connectivity index (χ4n) is 1.06. The van der Waals surface area contributed by atoms with Crippen molar-refractivity contribution in [3.05, 3.63) is 12.8 Å². The smallest absolute Gasteiger partial charge is 0.0885 e. The molecule has 0 heterocycles. The topological polar surface area (TPSA) is 0 Å². The maximum absolute atomic E-state index is 3.82. The number of nitrogens with zero attached hydrogens (tertiary/aromatic N) is 1. The van der Waals surface area contributed by atoms with Crippen molar-refractivity contribution in [3.63, 3.8) is 0 Å². The van der Waals surface area contributed by atoms with E-state index < -0.39 is 0 Å². The number of hydrogen-bond acceptors (Lipinski definition) is 0. The molecule has 0 N–H and O–H groups in total. The van der Waals surface area contributed by atoms with Crippen LogP contribution in [0.2, 0.25) is 0 Å². The standard InChI is InChI=1S/C8H18N.BrH/c1-5-9(6-2,7-3)8-4;/h5H,1,6-8H2,2-4H3;1H/q+1;/p-1. The van der Waals surface area contributed by atoms with Crippen molar-refractivity contribution < 1.29 is 21.5 Å². The molecule has 0 saturated carbocycles. The van der Waals surface area contributed by atoms with Crippen LogP contribution in [0.25, 0.3) is 0 Å². The Bertz CT molecular complexity index is 79.0. The minimum Gasteiger partial charge on any atom is -1.00 e. The van der Waals surface area contributed by atoms with Crippen LogP contribution < -0.4 is 17.0 Å². The summed E-state index contributed by atoms with van der Waals surface area (Å²) >= 11 is 0. The van der Waals surface area contributed by atoms with Gasteiger partial charge in [-0.2, -0.15) is 0 Å². The highest BCUT2D eigenvalue weighted by molar-refractivity contribution is 4.53. The second-order valence-corrected chi connectivity index (χ2v) is 2.35. The molecule has 0 atom stereocenters. The summed E-state index contributed by atoms with van der Waals surface area (Å²) in [6.07, 6.45) is 2.04. The van der Waals surface area contributed by atoms with Crippen LogP contribution in [0.15, 0.2) is 12.8 Å². The van der Waals surface area contributed by atoms with Crippen LogP contribution in [0.5, 0.6) is 0 Å². The van der Waals surface area contributed by atoms with Crippen LogP contribution in [-0.2, 0) is 0 Å². The summed E-state index contributed by atoms with van der Waals surface area (Å²) < 4.78 is 1.04. The minimum absolute atomic E-state index is 0. The predicted octanol–water partition coefficient (Wildman–Crippen LogP) is -0.990. The van der Waals surface area contributed by atoms with Gasteiger partial charge in [0.05, 0.1) is 25.8 Å². The molecule has 0 unspecified atom stereocenters. The average molecular weight is 208 g/mol. The molecular weight excluding hydrogens is 190 g/mol. The van der Waals surface area contributed by atoms with Crippen molar-refractivity contribution in [3.8, 4) is 0 Å². The average Bonchev–Trinajstić information content (AvgIpc) is 1.95. The van der Waals surface area contributed by atoms with Gasteiger partial charge in [0.2, 0.25) is 0 Å². The lowest BCUT2D eigenvalue weighted by Crippen LogP contribution is -3.00. The highest BCUT2D eigenvalue weighted by Gasteiger charge is 2.14. The Morgan fingerprint density at radius 2 is 1.40 bits per heavy atom. The summed E-state index contributed by atoms with van der Waals surface area (Å²) in [7, 11) is 0. The summed E-state index contributed by atoms with van der Waals surface area (Å²) in [5.74, 6) is 0. The Kier molecular flexibility index (Phi) is 7.60. The lowest BCUT2D eigenvalue weighted by atomic mass is 10.4. The molecule has 0 bridgehead atoms. The van der Waals surface area contributed by atoms with Gasteiger partial charge in [-0.3, -0.25) is 4.48 Å². The van der Waals surface area contributed by atoms with Gasteiger partial charge in [-0.25, -0.2) is 0 Å². The highest BCUT2D eigenvalue weighted by atomic mass is 79.9. The summed E-state index contributed by atoms with van der Waals surface area (Å²) in [6.45, 7) is 13.9. The first-order chi connectivity index (χ1) is 4.24. The Morgan fingerprint density at radius 3 is 1.40 bits per heavy atom. The zero-order valence-corrected chi connectivity index (χ0v) is 8.82. The van der Waals surface area contributed by atoms with Gasteiger partial charge in [0, 0.05) is 0 Å². The number of quaternary nitrogens is 1. The van der Waals surface area contributed by atoms with E-state index in [0.29, 0.717) is 0 Å². The van der Waals surface area contributed by atoms with Gasteiger partial charge in [0.15, 0.2) is 0 Å². The highest BCUT2D eigenvalue weighted by Crippen LogP contribution is 2.04. The molecule has 1 nitrogen and oxygen atoms in total. The van der Waals surface area contributed by atoms with E-state index in [1.165, 1.54) is 0 Å². The Balaban J connectivity index is 0. The molecule has 0 saturated heterocycles. The summed E-state index contributed by atoms with van der Waals surface area (Å²) in [5.41, 5.74) is 0. The number of halogens is 1. The molecule has 0 aliphatic rings. The first-order valence-electron chi connectivity index (χ1n) is 3.74. The van der Waals surface area contributed by atoms with Crippen LogP contribution in [-0.4, -0.2) is 24.1 Å². The van der Waals surface area contributed by atoms with Crippen molar-refractivity contribution in [2.24, 2.45) is 0 Å².